The molecule has 1 saturated heterocycles. The SMILES string of the molecule is C=CC1CC1(NC(=O)C1CC(Oc2nc(-c3ccccc3)cc3ccccc23)CN1C(=O)C(NC(=O)OC(C)(C)C)C(C)OCC)C(=O)NS(=O)(=O)C1CC1. The lowest BCUT2D eigenvalue weighted by Crippen LogP contribution is -2.60. The standard InChI is InChI=1S/C40H49N5O9S/c1-7-27-22-40(27,37(48)44-55(50,51)29-18-19-29)43-34(46)32-21-28(23-45(32)36(47)33(24(3)52-8-2)42-38(49)54-39(4,5)6)53-35-30-17-13-12-16-26(30)20-31(41-35)25-14-10-9-11-15-25/h7,9-17,20,24,27-29,32-33H,1,8,18-19,21-23H2,2-6H3,(H,42,49)(H,43,46)(H,44,48). The van der Waals surface area contributed by atoms with Gasteiger partial charge in [0.05, 0.1) is 23.6 Å². The zero-order valence-electron chi connectivity index (χ0n) is 31.7. The van der Waals surface area contributed by atoms with E-state index in [4.69, 9.17) is 19.2 Å². The fraction of sp³-hybridized carbons (Fsp3) is 0.475. The van der Waals surface area contributed by atoms with E-state index in [-0.39, 0.29) is 26.0 Å². The Kier molecular flexibility index (Phi) is 11.3. The predicted octanol–water partition coefficient (Wildman–Crippen LogP) is 4.24. The zero-order valence-corrected chi connectivity index (χ0v) is 32.6. The number of amides is 4. The molecule has 0 spiro atoms. The molecule has 2 saturated carbocycles. The van der Waals surface area contributed by atoms with Gasteiger partial charge in [-0.3, -0.25) is 19.1 Å². The average Bonchev–Trinajstić information content (AvgIpc) is 4.07. The quantitative estimate of drug-likeness (QED) is 0.201. The van der Waals surface area contributed by atoms with Crippen LogP contribution in [0.3, 0.4) is 0 Å². The minimum atomic E-state index is -3.92. The van der Waals surface area contributed by atoms with Crippen molar-refractivity contribution in [2.45, 2.75) is 101 Å². The molecular weight excluding hydrogens is 727 g/mol. The van der Waals surface area contributed by atoms with E-state index >= 15 is 0 Å². The van der Waals surface area contributed by atoms with Gasteiger partial charge in [0, 0.05) is 29.9 Å². The molecule has 3 N–H and O–H groups in total. The highest BCUT2D eigenvalue weighted by molar-refractivity contribution is 7.91. The average molecular weight is 776 g/mol. The minimum Gasteiger partial charge on any atom is -0.472 e. The number of fused-ring (bicyclic) bond motifs is 1. The van der Waals surface area contributed by atoms with Crippen molar-refractivity contribution < 1.29 is 41.8 Å². The molecule has 2 heterocycles. The number of sulfonamides is 1. The third-order valence-corrected chi connectivity index (χ3v) is 11.8. The van der Waals surface area contributed by atoms with Gasteiger partial charge in [-0.2, -0.15) is 0 Å². The Morgan fingerprint density at radius 2 is 1.76 bits per heavy atom. The largest absolute Gasteiger partial charge is 0.472 e. The number of carbonyl (C=O) groups excluding carboxylic acids is 4. The maximum Gasteiger partial charge on any atom is 0.408 e. The second-order valence-electron chi connectivity index (χ2n) is 15.3. The third kappa shape index (κ3) is 8.94. The van der Waals surface area contributed by atoms with E-state index in [0.717, 1.165) is 16.3 Å². The first-order valence-electron chi connectivity index (χ1n) is 18.6. The summed E-state index contributed by atoms with van der Waals surface area (Å²) in [5.41, 5.74) is -0.907. The normalized spacial score (nSPS) is 23.3. The molecule has 3 fully saturated rings. The molecule has 6 unspecified atom stereocenters. The monoisotopic (exact) mass is 775 g/mol. The van der Waals surface area contributed by atoms with E-state index in [1.54, 1.807) is 34.6 Å². The molecule has 55 heavy (non-hydrogen) atoms. The van der Waals surface area contributed by atoms with Crippen molar-refractivity contribution in [1.29, 1.82) is 0 Å². The van der Waals surface area contributed by atoms with Crippen molar-refractivity contribution in [3.63, 3.8) is 0 Å². The van der Waals surface area contributed by atoms with Gasteiger partial charge < -0.3 is 29.7 Å². The molecule has 294 valence electrons. The van der Waals surface area contributed by atoms with Gasteiger partial charge in [0.1, 0.15) is 29.3 Å². The first-order valence-corrected chi connectivity index (χ1v) is 20.1. The Labute approximate surface area is 321 Å². The van der Waals surface area contributed by atoms with Crippen molar-refractivity contribution in [1.82, 2.24) is 25.2 Å². The highest BCUT2D eigenvalue weighted by Crippen LogP contribution is 2.45. The lowest BCUT2D eigenvalue weighted by Gasteiger charge is -2.32. The van der Waals surface area contributed by atoms with Crippen LogP contribution in [0.25, 0.3) is 22.0 Å². The van der Waals surface area contributed by atoms with Crippen LogP contribution in [0.4, 0.5) is 4.79 Å². The fourth-order valence-electron chi connectivity index (χ4n) is 6.92. The van der Waals surface area contributed by atoms with Crippen molar-refractivity contribution >= 4 is 44.6 Å². The summed E-state index contributed by atoms with van der Waals surface area (Å²) in [5.74, 6) is -2.43. The molecule has 6 atom stereocenters. The van der Waals surface area contributed by atoms with Crippen LogP contribution < -0.4 is 20.1 Å². The number of nitrogens with zero attached hydrogens (tertiary/aromatic N) is 2. The maximum absolute atomic E-state index is 14.6. The Morgan fingerprint density at radius 1 is 1.07 bits per heavy atom. The number of hydrogen-bond acceptors (Lipinski definition) is 10. The van der Waals surface area contributed by atoms with Crippen LogP contribution in [-0.4, -0.2) is 95.9 Å². The molecule has 2 aliphatic carbocycles. The second-order valence-corrected chi connectivity index (χ2v) is 17.3. The minimum absolute atomic E-state index is 0.0118. The number of pyridine rings is 1. The Hall–Kier alpha value is -5.02. The van der Waals surface area contributed by atoms with Crippen molar-refractivity contribution in [3.8, 4) is 17.1 Å². The smallest absolute Gasteiger partial charge is 0.408 e. The van der Waals surface area contributed by atoms with Crippen LogP contribution in [0, 0.1) is 5.92 Å². The molecule has 2 aromatic carbocycles. The van der Waals surface area contributed by atoms with Gasteiger partial charge >= 0.3 is 6.09 Å². The molecule has 0 radical (unpaired) electrons. The lowest BCUT2D eigenvalue weighted by atomic mass is 10.1. The summed E-state index contributed by atoms with van der Waals surface area (Å²) in [5, 5.41) is 6.37. The molecule has 0 bridgehead atoms. The van der Waals surface area contributed by atoms with Crippen molar-refractivity contribution in [2.75, 3.05) is 13.2 Å². The summed E-state index contributed by atoms with van der Waals surface area (Å²) < 4.78 is 45.5. The van der Waals surface area contributed by atoms with E-state index in [2.05, 4.69) is 21.9 Å². The highest BCUT2D eigenvalue weighted by Gasteiger charge is 2.62. The van der Waals surface area contributed by atoms with Crippen LogP contribution in [0.1, 0.15) is 60.3 Å². The summed E-state index contributed by atoms with van der Waals surface area (Å²) in [4.78, 5) is 61.7. The van der Waals surface area contributed by atoms with Gasteiger partial charge in [-0.05, 0) is 71.4 Å². The number of rotatable bonds is 14. The van der Waals surface area contributed by atoms with Crippen LogP contribution in [0.5, 0.6) is 5.88 Å². The molecule has 3 aromatic rings. The maximum atomic E-state index is 14.6. The molecule has 3 aliphatic rings. The van der Waals surface area contributed by atoms with E-state index in [9.17, 15) is 27.6 Å². The Morgan fingerprint density at radius 3 is 2.40 bits per heavy atom. The van der Waals surface area contributed by atoms with Gasteiger partial charge in [-0.1, -0.05) is 54.6 Å². The van der Waals surface area contributed by atoms with E-state index in [1.165, 1.54) is 11.0 Å². The van der Waals surface area contributed by atoms with Crippen LogP contribution >= 0.6 is 0 Å². The number of alkyl carbamates (subject to hydrolysis) is 1. The number of benzene rings is 2. The summed E-state index contributed by atoms with van der Waals surface area (Å²) in [7, 11) is -3.92. The van der Waals surface area contributed by atoms with E-state index < -0.39 is 80.4 Å². The second kappa shape index (κ2) is 15.6. The van der Waals surface area contributed by atoms with Gasteiger partial charge in [-0.25, -0.2) is 18.2 Å². The molecule has 6 rings (SSSR count). The fourth-order valence-corrected chi connectivity index (χ4v) is 8.28. The number of likely N-dealkylation sites (tertiary alicyclic amines) is 1. The van der Waals surface area contributed by atoms with Gasteiger partial charge in [0.25, 0.3) is 5.91 Å². The molecular formula is C40H49N5O9S. The summed E-state index contributed by atoms with van der Waals surface area (Å²) >= 11 is 0. The first-order chi connectivity index (χ1) is 26.0. The topological polar surface area (TPSA) is 182 Å². The van der Waals surface area contributed by atoms with E-state index in [1.807, 2.05) is 60.7 Å². The molecule has 15 heteroatoms. The number of hydrogen-bond donors (Lipinski definition) is 3. The number of nitrogens with one attached hydrogen (secondary N) is 3. The van der Waals surface area contributed by atoms with Crippen LogP contribution in [-0.2, 0) is 33.9 Å². The predicted molar refractivity (Wildman–Crippen MR) is 205 cm³/mol. The lowest BCUT2D eigenvalue weighted by molar-refractivity contribution is -0.143. The van der Waals surface area contributed by atoms with Crippen molar-refractivity contribution in [3.05, 3.63) is 73.3 Å². The Balaban J connectivity index is 1.33. The van der Waals surface area contributed by atoms with Gasteiger partial charge in [0.2, 0.25) is 27.7 Å². The van der Waals surface area contributed by atoms with Gasteiger partial charge in [-0.15, -0.1) is 6.58 Å². The number of ether oxygens (including phenoxy) is 3. The molecule has 4 amide bonds. The molecule has 1 aromatic heterocycles. The molecule has 1 aliphatic heterocycles. The summed E-state index contributed by atoms with van der Waals surface area (Å²) in [6.07, 6.45) is 0.0610. The van der Waals surface area contributed by atoms with E-state index in [0.29, 0.717) is 24.4 Å². The first kappa shape index (κ1) is 39.7. The van der Waals surface area contributed by atoms with Crippen molar-refractivity contribution in [2.24, 2.45) is 5.92 Å². The molecule has 14 nitrogen and oxygen atoms in total. The summed E-state index contributed by atoms with van der Waals surface area (Å²) in [6, 6.07) is 16.7. The Bertz CT molecular complexity index is 2070. The highest BCUT2D eigenvalue weighted by atomic mass is 32.2. The van der Waals surface area contributed by atoms with Crippen LogP contribution in [0.15, 0.2) is 73.3 Å². The third-order valence-electron chi connectivity index (χ3n) is 9.99. The number of carbonyl (C=O) groups is 4. The van der Waals surface area contributed by atoms with Gasteiger partial charge in [0.15, 0.2) is 0 Å². The number of aromatic nitrogens is 1. The van der Waals surface area contributed by atoms with Crippen LogP contribution in [0.2, 0.25) is 0 Å². The zero-order chi connectivity index (χ0) is 39.7. The summed E-state index contributed by atoms with van der Waals surface area (Å²) in [6.45, 7) is 12.4.